The van der Waals surface area contributed by atoms with Crippen LogP contribution in [0.4, 0.5) is 10.1 Å². The maximum absolute atomic E-state index is 14.4. The molecule has 1 saturated carbocycles. The fourth-order valence-corrected chi connectivity index (χ4v) is 3.62. The SMILES string of the molecule is N[C@@H]1CCC[C@H](C(=O)NCc2ccc(N3CCNCC3)c(F)c2)C1. The van der Waals surface area contributed by atoms with Crippen LogP contribution in [0, 0.1) is 11.7 Å². The average molecular weight is 334 g/mol. The molecule has 6 heteroatoms. The Morgan fingerprint density at radius 2 is 2.12 bits per heavy atom. The van der Waals surface area contributed by atoms with Gasteiger partial charge in [0.1, 0.15) is 5.82 Å². The van der Waals surface area contributed by atoms with Crippen LogP contribution in [0.2, 0.25) is 0 Å². The molecule has 2 aliphatic rings. The van der Waals surface area contributed by atoms with Crippen molar-refractivity contribution >= 4 is 11.6 Å². The molecule has 0 radical (unpaired) electrons. The number of halogens is 1. The Labute approximate surface area is 142 Å². The van der Waals surface area contributed by atoms with Crippen molar-refractivity contribution in [3.05, 3.63) is 29.6 Å². The van der Waals surface area contributed by atoms with Gasteiger partial charge >= 0.3 is 0 Å². The quantitative estimate of drug-likeness (QED) is 0.778. The molecule has 24 heavy (non-hydrogen) atoms. The summed E-state index contributed by atoms with van der Waals surface area (Å²) in [5.74, 6) is -0.182. The molecule has 1 saturated heterocycles. The largest absolute Gasteiger partial charge is 0.367 e. The maximum Gasteiger partial charge on any atom is 0.223 e. The van der Waals surface area contributed by atoms with Crippen LogP contribution in [0.15, 0.2) is 18.2 Å². The van der Waals surface area contributed by atoms with Crippen LogP contribution >= 0.6 is 0 Å². The number of piperazine rings is 1. The van der Waals surface area contributed by atoms with Crippen LogP contribution in [-0.2, 0) is 11.3 Å². The normalized spacial score (nSPS) is 24.7. The molecular weight excluding hydrogens is 307 g/mol. The van der Waals surface area contributed by atoms with E-state index < -0.39 is 0 Å². The molecular formula is C18H27FN4O. The van der Waals surface area contributed by atoms with E-state index in [1.165, 1.54) is 6.07 Å². The summed E-state index contributed by atoms with van der Waals surface area (Å²) in [6.45, 7) is 3.74. The number of hydrogen-bond acceptors (Lipinski definition) is 4. The highest BCUT2D eigenvalue weighted by Gasteiger charge is 2.25. The molecule has 1 aromatic rings. The van der Waals surface area contributed by atoms with Gasteiger partial charge < -0.3 is 21.3 Å². The lowest BCUT2D eigenvalue weighted by atomic mass is 9.85. The second kappa shape index (κ2) is 7.94. The number of benzene rings is 1. The average Bonchev–Trinajstić information content (AvgIpc) is 2.60. The number of nitrogens with one attached hydrogen (secondary N) is 2. The Bertz CT molecular complexity index is 574. The molecule has 1 aromatic carbocycles. The minimum Gasteiger partial charge on any atom is -0.367 e. The summed E-state index contributed by atoms with van der Waals surface area (Å²) in [4.78, 5) is 14.3. The molecule has 0 bridgehead atoms. The highest BCUT2D eigenvalue weighted by Crippen LogP contribution is 2.24. The zero-order valence-corrected chi connectivity index (χ0v) is 14.1. The van der Waals surface area contributed by atoms with Crippen LogP contribution in [0.25, 0.3) is 0 Å². The van der Waals surface area contributed by atoms with Crippen LogP contribution in [-0.4, -0.2) is 38.1 Å². The number of amides is 1. The Balaban J connectivity index is 1.55. The third-order valence-electron chi connectivity index (χ3n) is 5.02. The summed E-state index contributed by atoms with van der Waals surface area (Å²) >= 11 is 0. The fourth-order valence-electron chi connectivity index (χ4n) is 3.62. The zero-order chi connectivity index (χ0) is 16.9. The highest BCUT2D eigenvalue weighted by atomic mass is 19.1. The zero-order valence-electron chi connectivity index (χ0n) is 14.1. The van der Waals surface area contributed by atoms with Gasteiger partial charge in [-0.15, -0.1) is 0 Å². The molecule has 2 fully saturated rings. The van der Waals surface area contributed by atoms with Gasteiger partial charge in [0.2, 0.25) is 5.91 Å². The van der Waals surface area contributed by atoms with E-state index in [1.54, 1.807) is 0 Å². The van der Waals surface area contributed by atoms with E-state index >= 15 is 0 Å². The van der Waals surface area contributed by atoms with Gasteiger partial charge in [0, 0.05) is 44.7 Å². The minimum absolute atomic E-state index is 0.00119. The summed E-state index contributed by atoms with van der Waals surface area (Å²) in [5.41, 5.74) is 7.37. The molecule has 0 spiro atoms. The number of rotatable bonds is 4. The van der Waals surface area contributed by atoms with Crippen LogP contribution in [0.5, 0.6) is 0 Å². The summed E-state index contributed by atoms with van der Waals surface area (Å²) in [6, 6.07) is 5.38. The van der Waals surface area contributed by atoms with Crippen LogP contribution in [0.3, 0.4) is 0 Å². The second-order valence-electron chi connectivity index (χ2n) is 6.86. The van der Waals surface area contributed by atoms with Gasteiger partial charge in [-0.2, -0.15) is 0 Å². The first-order valence-corrected chi connectivity index (χ1v) is 8.91. The Kier molecular flexibility index (Phi) is 5.68. The van der Waals surface area contributed by atoms with E-state index in [-0.39, 0.29) is 23.7 Å². The van der Waals surface area contributed by atoms with E-state index in [4.69, 9.17) is 5.73 Å². The van der Waals surface area contributed by atoms with Crippen molar-refractivity contribution in [3.63, 3.8) is 0 Å². The summed E-state index contributed by atoms with van der Waals surface area (Å²) < 4.78 is 14.4. The number of carbonyl (C=O) groups is 1. The first kappa shape index (κ1) is 17.2. The van der Waals surface area contributed by atoms with E-state index in [9.17, 15) is 9.18 Å². The van der Waals surface area contributed by atoms with Crippen LogP contribution < -0.4 is 21.3 Å². The lowest BCUT2D eigenvalue weighted by molar-refractivity contribution is -0.126. The van der Waals surface area contributed by atoms with E-state index in [1.807, 2.05) is 12.1 Å². The van der Waals surface area contributed by atoms with Gasteiger partial charge in [-0.05, 0) is 37.0 Å². The standard InChI is InChI=1S/C18H27FN4O/c19-16-10-13(4-5-17(16)23-8-6-21-7-9-23)12-22-18(24)14-2-1-3-15(20)11-14/h4-5,10,14-15,21H,1-3,6-9,11-12,20H2,(H,22,24)/t14-,15+/m0/s1. The van der Waals surface area contributed by atoms with E-state index in [2.05, 4.69) is 15.5 Å². The molecule has 3 rings (SSSR count). The fraction of sp³-hybridized carbons (Fsp3) is 0.611. The number of carbonyl (C=O) groups excluding carboxylic acids is 1. The highest BCUT2D eigenvalue weighted by molar-refractivity contribution is 5.78. The van der Waals surface area contributed by atoms with Crippen LogP contribution in [0.1, 0.15) is 31.2 Å². The Morgan fingerprint density at radius 1 is 1.33 bits per heavy atom. The lowest BCUT2D eigenvalue weighted by Gasteiger charge is -2.30. The molecule has 5 nitrogen and oxygen atoms in total. The molecule has 1 amide bonds. The summed E-state index contributed by atoms with van der Waals surface area (Å²) in [7, 11) is 0. The monoisotopic (exact) mass is 334 g/mol. The molecule has 1 aliphatic heterocycles. The van der Waals surface area contributed by atoms with Gasteiger partial charge in [0.05, 0.1) is 5.69 Å². The number of nitrogens with two attached hydrogens (primary N) is 1. The number of hydrogen-bond donors (Lipinski definition) is 3. The first-order valence-electron chi connectivity index (χ1n) is 8.91. The predicted molar refractivity (Wildman–Crippen MR) is 93.3 cm³/mol. The second-order valence-corrected chi connectivity index (χ2v) is 6.86. The topological polar surface area (TPSA) is 70.4 Å². The molecule has 132 valence electrons. The summed E-state index contributed by atoms with van der Waals surface area (Å²) in [6.07, 6.45) is 3.66. The van der Waals surface area contributed by atoms with E-state index in [0.717, 1.165) is 57.4 Å². The molecule has 1 heterocycles. The van der Waals surface area contributed by atoms with Crippen molar-refractivity contribution in [1.82, 2.24) is 10.6 Å². The van der Waals surface area contributed by atoms with Crippen molar-refractivity contribution in [2.24, 2.45) is 11.7 Å². The number of anilines is 1. The van der Waals surface area contributed by atoms with Gasteiger partial charge in [-0.25, -0.2) is 4.39 Å². The first-order chi connectivity index (χ1) is 11.6. The molecule has 0 aromatic heterocycles. The van der Waals surface area contributed by atoms with Gasteiger partial charge in [0.25, 0.3) is 0 Å². The molecule has 1 aliphatic carbocycles. The lowest BCUT2D eigenvalue weighted by Crippen LogP contribution is -2.43. The van der Waals surface area contributed by atoms with Crippen molar-refractivity contribution < 1.29 is 9.18 Å². The predicted octanol–water partition coefficient (Wildman–Crippen LogP) is 1.37. The van der Waals surface area contributed by atoms with Crippen molar-refractivity contribution in [1.29, 1.82) is 0 Å². The third-order valence-corrected chi connectivity index (χ3v) is 5.02. The Morgan fingerprint density at radius 3 is 2.83 bits per heavy atom. The number of nitrogens with zero attached hydrogens (tertiary/aromatic N) is 1. The maximum atomic E-state index is 14.4. The van der Waals surface area contributed by atoms with Gasteiger partial charge in [-0.1, -0.05) is 12.5 Å². The third kappa shape index (κ3) is 4.24. The Hall–Kier alpha value is -1.66. The van der Waals surface area contributed by atoms with Gasteiger partial charge in [-0.3, -0.25) is 4.79 Å². The van der Waals surface area contributed by atoms with Gasteiger partial charge in [0.15, 0.2) is 0 Å². The van der Waals surface area contributed by atoms with Crippen molar-refractivity contribution in [2.75, 3.05) is 31.1 Å². The van der Waals surface area contributed by atoms with Crippen molar-refractivity contribution in [3.8, 4) is 0 Å². The smallest absolute Gasteiger partial charge is 0.223 e. The molecule has 4 N–H and O–H groups in total. The van der Waals surface area contributed by atoms with E-state index in [0.29, 0.717) is 12.2 Å². The molecule has 2 atom stereocenters. The summed E-state index contributed by atoms with van der Waals surface area (Å²) in [5, 5.41) is 6.19. The van der Waals surface area contributed by atoms with Crippen molar-refractivity contribution in [2.45, 2.75) is 38.3 Å². The minimum atomic E-state index is -0.219. The molecule has 0 unspecified atom stereocenters.